The SMILES string of the molecule is O=S(=O)(O)Cl.[Ca+2].[H-].[H-]. The van der Waals surface area contributed by atoms with E-state index in [0.29, 0.717) is 0 Å². The van der Waals surface area contributed by atoms with Crippen molar-refractivity contribution in [3.05, 3.63) is 0 Å². The van der Waals surface area contributed by atoms with Crippen LogP contribution in [0, 0.1) is 0 Å². The summed E-state index contributed by atoms with van der Waals surface area (Å²) in [4.78, 5) is 0. The maximum Gasteiger partial charge on any atom is 2.00 e. The van der Waals surface area contributed by atoms with Gasteiger partial charge in [-0.3, -0.25) is 4.55 Å². The molecule has 0 atom stereocenters. The van der Waals surface area contributed by atoms with Crippen LogP contribution >= 0.6 is 10.7 Å². The van der Waals surface area contributed by atoms with Crippen LogP contribution in [0.15, 0.2) is 0 Å². The van der Waals surface area contributed by atoms with E-state index in [1.165, 1.54) is 0 Å². The number of halogens is 1. The van der Waals surface area contributed by atoms with Crippen molar-refractivity contribution in [1.82, 2.24) is 0 Å². The summed E-state index contributed by atoms with van der Waals surface area (Å²) in [5, 5.41) is 0. The van der Waals surface area contributed by atoms with Crippen molar-refractivity contribution in [3.8, 4) is 0 Å². The van der Waals surface area contributed by atoms with Gasteiger partial charge in [-0.05, 0) is 0 Å². The van der Waals surface area contributed by atoms with Crippen molar-refractivity contribution in [2.45, 2.75) is 0 Å². The minimum absolute atomic E-state index is 0. The zero-order chi connectivity index (χ0) is 4.50. The average molecular weight is 159 g/mol. The van der Waals surface area contributed by atoms with E-state index in [1.807, 2.05) is 0 Å². The smallest absolute Gasteiger partial charge is 1.00 e. The standard InChI is InChI=1S/Ca.ClHO3S.2H/c;1-5(2,3)4;;/h;(H,2,3,4);;/q+2;;2*-1. The molecule has 0 aliphatic carbocycles. The first kappa shape index (κ1) is 10.4. The predicted octanol–water partition coefficient (Wildman–Crippen LogP) is -0.128. The van der Waals surface area contributed by atoms with Crippen molar-refractivity contribution in [2.24, 2.45) is 0 Å². The minimum Gasteiger partial charge on any atom is -1.00 e. The van der Waals surface area contributed by atoms with E-state index in [0.717, 1.165) is 0 Å². The Bertz CT molecular complexity index is 100. The summed E-state index contributed by atoms with van der Waals surface area (Å²) in [7, 11) is -0.137. The molecular formula is H3CaClO3S. The van der Waals surface area contributed by atoms with Crippen LogP contribution in [0.3, 0.4) is 0 Å². The fourth-order valence-corrected chi connectivity index (χ4v) is 0. The summed E-state index contributed by atoms with van der Waals surface area (Å²) in [6.07, 6.45) is 0. The fourth-order valence-electron chi connectivity index (χ4n) is 0. The summed E-state index contributed by atoms with van der Waals surface area (Å²) in [5.41, 5.74) is 0. The van der Waals surface area contributed by atoms with Gasteiger partial charge in [0.2, 0.25) is 0 Å². The first-order chi connectivity index (χ1) is 2.00. The van der Waals surface area contributed by atoms with Crippen molar-refractivity contribution in [2.75, 3.05) is 0 Å². The summed E-state index contributed by atoms with van der Waals surface area (Å²) < 4.78 is 25.2. The van der Waals surface area contributed by atoms with E-state index in [1.54, 1.807) is 0 Å². The third-order valence-electron chi connectivity index (χ3n) is 0. The van der Waals surface area contributed by atoms with Crippen LogP contribution in [-0.2, 0) is 9.33 Å². The Morgan fingerprint density at radius 3 is 1.67 bits per heavy atom. The third-order valence-corrected chi connectivity index (χ3v) is 0. The van der Waals surface area contributed by atoms with Gasteiger partial charge in [0.1, 0.15) is 0 Å². The van der Waals surface area contributed by atoms with Gasteiger partial charge in [-0.25, -0.2) is 0 Å². The molecule has 36 valence electrons. The zero-order valence-corrected chi connectivity index (χ0v) is 6.54. The Kier molecular flexibility index (Phi) is 6.02. The quantitative estimate of drug-likeness (QED) is 0.304. The van der Waals surface area contributed by atoms with Gasteiger partial charge in [0.25, 0.3) is 0 Å². The van der Waals surface area contributed by atoms with Crippen molar-refractivity contribution >= 4 is 57.8 Å². The molecule has 0 aliphatic rings. The molecule has 0 spiro atoms. The first-order valence-corrected chi connectivity index (χ1v) is 2.94. The molecule has 0 rings (SSSR count). The van der Waals surface area contributed by atoms with E-state index >= 15 is 0 Å². The third kappa shape index (κ3) is 51.0. The molecule has 6 heteroatoms. The Morgan fingerprint density at radius 1 is 1.67 bits per heavy atom. The van der Waals surface area contributed by atoms with Gasteiger partial charge < -0.3 is 2.85 Å². The van der Waals surface area contributed by atoms with Crippen LogP contribution in [-0.4, -0.2) is 50.7 Å². The van der Waals surface area contributed by atoms with Crippen LogP contribution in [0.1, 0.15) is 2.85 Å². The predicted molar refractivity (Wildman–Crippen MR) is 25.4 cm³/mol. The Labute approximate surface area is 72.9 Å². The van der Waals surface area contributed by atoms with E-state index in [2.05, 4.69) is 10.7 Å². The Balaban J connectivity index is -0.0000000267. The van der Waals surface area contributed by atoms with E-state index in [-0.39, 0.29) is 40.6 Å². The Morgan fingerprint density at radius 2 is 1.67 bits per heavy atom. The summed E-state index contributed by atoms with van der Waals surface area (Å²) in [6, 6.07) is 0. The molecule has 1 N–H and O–H groups in total. The molecule has 0 bridgehead atoms. The van der Waals surface area contributed by atoms with Crippen molar-refractivity contribution in [3.63, 3.8) is 0 Å². The molecule has 0 saturated heterocycles. The molecule has 0 unspecified atom stereocenters. The second-order valence-corrected chi connectivity index (χ2v) is 2.41. The summed E-state index contributed by atoms with van der Waals surface area (Å²) in [6.45, 7) is 0. The van der Waals surface area contributed by atoms with Gasteiger partial charge in [0, 0.05) is 10.7 Å². The molecule has 0 fully saturated rings. The zero-order valence-electron chi connectivity index (χ0n) is 4.76. The van der Waals surface area contributed by atoms with Gasteiger partial charge >= 0.3 is 47.1 Å². The van der Waals surface area contributed by atoms with Crippen molar-refractivity contribution in [1.29, 1.82) is 0 Å². The van der Waals surface area contributed by atoms with E-state index < -0.39 is 9.33 Å². The summed E-state index contributed by atoms with van der Waals surface area (Å²) >= 11 is 0. The topological polar surface area (TPSA) is 54.4 Å². The van der Waals surface area contributed by atoms with Crippen LogP contribution in [0.25, 0.3) is 0 Å². The molecule has 0 radical (unpaired) electrons. The van der Waals surface area contributed by atoms with Gasteiger partial charge in [0.15, 0.2) is 0 Å². The van der Waals surface area contributed by atoms with Gasteiger partial charge in [-0.2, -0.15) is 8.42 Å². The maximum atomic E-state index is 8.95. The van der Waals surface area contributed by atoms with Gasteiger partial charge in [0.05, 0.1) is 0 Å². The fraction of sp³-hybridized carbons (Fsp3) is 0. The molecule has 3 nitrogen and oxygen atoms in total. The molecule has 0 amide bonds. The number of rotatable bonds is 0. The van der Waals surface area contributed by atoms with Gasteiger partial charge in [-0.1, -0.05) is 0 Å². The monoisotopic (exact) mass is 158 g/mol. The molecule has 0 aromatic heterocycles. The number of hydrogen-bond donors (Lipinski definition) is 1. The molecule has 0 aromatic rings. The molecule has 0 aromatic carbocycles. The van der Waals surface area contributed by atoms with Crippen molar-refractivity contribution < 1.29 is 15.8 Å². The van der Waals surface area contributed by atoms with Crippen LogP contribution in [0.4, 0.5) is 0 Å². The maximum absolute atomic E-state index is 8.95. The van der Waals surface area contributed by atoms with E-state index in [4.69, 9.17) is 13.0 Å². The number of hydrogen-bond acceptors (Lipinski definition) is 2. The largest absolute Gasteiger partial charge is 2.00 e. The molecule has 6 heavy (non-hydrogen) atoms. The second kappa shape index (κ2) is 3.46. The second-order valence-electron chi connectivity index (χ2n) is 0.412. The summed E-state index contributed by atoms with van der Waals surface area (Å²) in [5.74, 6) is 0. The molecular weight excluding hydrogens is 156 g/mol. The average Bonchev–Trinajstić information content (AvgIpc) is 0.722. The van der Waals surface area contributed by atoms with Crippen LogP contribution in [0.5, 0.6) is 0 Å². The van der Waals surface area contributed by atoms with Gasteiger partial charge in [-0.15, -0.1) is 0 Å². The molecule has 0 aliphatic heterocycles. The molecule has 0 saturated carbocycles. The minimum atomic E-state index is -4.19. The van der Waals surface area contributed by atoms with E-state index in [9.17, 15) is 0 Å². The molecule has 0 heterocycles. The first-order valence-electron chi connectivity index (χ1n) is 0.670. The normalized spacial score (nSPS) is 9.67. The Hall–Kier alpha value is 1.46. The van der Waals surface area contributed by atoms with Crippen LogP contribution in [0.2, 0.25) is 0 Å². The van der Waals surface area contributed by atoms with Crippen LogP contribution < -0.4 is 0 Å².